The summed E-state index contributed by atoms with van der Waals surface area (Å²) in [5.74, 6) is -0.342. The first kappa shape index (κ1) is 24.1. The fourth-order valence-corrected chi connectivity index (χ4v) is 3.05. The second kappa shape index (κ2) is 10.8. The molecule has 168 valence electrons. The lowest BCUT2D eigenvalue weighted by Gasteiger charge is -2.24. The Hall–Kier alpha value is -2.13. The maximum atomic E-state index is 12.5. The van der Waals surface area contributed by atoms with Crippen LogP contribution in [0.5, 0.6) is 0 Å². The van der Waals surface area contributed by atoms with E-state index in [0.717, 1.165) is 17.4 Å². The fraction of sp³-hybridized carbons (Fsp3) is 0.700. The molecule has 1 aromatic rings. The Kier molecular flexibility index (Phi) is 8.66. The molecule has 1 aliphatic rings. The number of carbonyl (C=O) groups is 2. The van der Waals surface area contributed by atoms with Gasteiger partial charge in [0.05, 0.1) is 12.8 Å². The number of nitrogens with one attached hydrogen (secondary N) is 2. The smallest absolute Gasteiger partial charge is 0.326 e. The Morgan fingerprint density at radius 2 is 2.03 bits per heavy atom. The molecule has 1 aliphatic carbocycles. The predicted octanol–water partition coefficient (Wildman–Crippen LogP) is 1.97. The first-order valence-electron chi connectivity index (χ1n) is 10.2. The summed E-state index contributed by atoms with van der Waals surface area (Å²) in [5.41, 5.74) is -1.01. The van der Waals surface area contributed by atoms with Crippen molar-refractivity contribution in [1.29, 1.82) is 0 Å². The summed E-state index contributed by atoms with van der Waals surface area (Å²) in [7, 11) is 0. The van der Waals surface area contributed by atoms with E-state index in [1.807, 2.05) is 20.8 Å². The average Bonchev–Trinajstić information content (AvgIpc) is 3.46. The van der Waals surface area contributed by atoms with Gasteiger partial charge in [-0.15, -0.1) is 0 Å². The third-order valence-corrected chi connectivity index (χ3v) is 4.66. The van der Waals surface area contributed by atoms with E-state index >= 15 is 0 Å². The normalized spacial score (nSPS) is 14.8. The van der Waals surface area contributed by atoms with Crippen molar-refractivity contribution in [2.24, 2.45) is 5.92 Å². The lowest BCUT2D eigenvalue weighted by atomic mass is 10.1. The lowest BCUT2D eigenvalue weighted by molar-refractivity contribution is -0.158. The minimum atomic E-state index is -0.545. The fourth-order valence-electron chi connectivity index (χ4n) is 2.86. The van der Waals surface area contributed by atoms with Crippen molar-refractivity contribution >= 4 is 29.4 Å². The molecule has 0 radical (unpaired) electrons. The van der Waals surface area contributed by atoms with Crippen LogP contribution < -0.4 is 16.2 Å². The van der Waals surface area contributed by atoms with E-state index in [1.165, 1.54) is 6.20 Å². The van der Waals surface area contributed by atoms with Crippen LogP contribution in [-0.4, -0.2) is 52.8 Å². The quantitative estimate of drug-likeness (QED) is 0.395. The number of rotatable bonds is 11. The molecule has 2 rings (SSSR count). The molecule has 1 fully saturated rings. The molecule has 0 amide bonds. The van der Waals surface area contributed by atoms with Crippen LogP contribution in [0.2, 0.25) is 5.15 Å². The van der Waals surface area contributed by atoms with Gasteiger partial charge in [-0.3, -0.25) is 19.0 Å². The van der Waals surface area contributed by atoms with Crippen molar-refractivity contribution in [1.82, 2.24) is 14.9 Å². The van der Waals surface area contributed by atoms with Gasteiger partial charge in [0.15, 0.2) is 5.82 Å². The van der Waals surface area contributed by atoms with Gasteiger partial charge in [-0.25, -0.2) is 4.98 Å². The van der Waals surface area contributed by atoms with Crippen molar-refractivity contribution in [2.45, 2.75) is 65.1 Å². The Balaban J connectivity index is 1.84. The minimum absolute atomic E-state index is 0.0601. The topological polar surface area (TPSA) is 112 Å². The molecule has 1 heterocycles. The van der Waals surface area contributed by atoms with E-state index in [-0.39, 0.29) is 36.1 Å². The van der Waals surface area contributed by atoms with E-state index in [2.05, 4.69) is 15.6 Å². The van der Waals surface area contributed by atoms with Crippen molar-refractivity contribution in [3.05, 3.63) is 21.7 Å². The van der Waals surface area contributed by atoms with Crippen molar-refractivity contribution < 1.29 is 19.1 Å². The SMILES string of the molecule is CCOC(=O)Cn1c(Cl)cnc(NCCCNC(C(=O)OC(C)(C)C)C2CC2)c1=O. The van der Waals surface area contributed by atoms with Gasteiger partial charge >= 0.3 is 11.9 Å². The van der Waals surface area contributed by atoms with Gasteiger partial charge in [0.25, 0.3) is 5.56 Å². The molecule has 0 aromatic carbocycles. The molecule has 9 nitrogen and oxygen atoms in total. The number of nitrogens with zero attached hydrogens (tertiary/aromatic N) is 2. The zero-order valence-corrected chi connectivity index (χ0v) is 18.8. The second-order valence-corrected chi connectivity index (χ2v) is 8.60. The molecule has 0 bridgehead atoms. The number of ether oxygens (including phenoxy) is 2. The number of hydrogen-bond donors (Lipinski definition) is 2. The molecule has 1 atom stereocenters. The summed E-state index contributed by atoms with van der Waals surface area (Å²) in [6, 6.07) is -0.306. The van der Waals surface area contributed by atoms with Gasteiger partial charge < -0.3 is 20.1 Å². The monoisotopic (exact) mass is 442 g/mol. The molecular formula is C20H31ClN4O5. The first-order valence-corrected chi connectivity index (χ1v) is 10.6. The summed E-state index contributed by atoms with van der Waals surface area (Å²) in [6.07, 6.45) is 4.01. The van der Waals surface area contributed by atoms with Gasteiger partial charge in [-0.1, -0.05) is 11.6 Å². The van der Waals surface area contributed by atoms with E-state index in [1.54, 1.807) is 6.92 Å². The highest BCUT2D eigenvalue weighted by atomic mass is 35.5. The maximum absolute atomic E-state index is 12.5. The zero-order chi connectivity index (χ0) is 22.3. The van der Waals surface area contributed by atoms with Crippen LogP contribution in [0.25, 0.3) is 0 Å². The highest BCUT2D eigenvalue weighted by Crippen LogP contribution is 2.33. The van der Waals surface area contributed by atoms with Gasteiger partial charge in [0.1, 0.15) is 23.3 Å². The molecule has 0 saturated heterocycles. The van der Waals surface area contributed by atoms with Crippen molar-refractivity contribution in [2.75, 3.05) is 25.0 Å². The Bertz CT molecular complexity index is 801. The number of anilines is 1. The third-order valence-electron chi connectivity index (χ3n) is 4.36. The average molecular weight is 443 g/mol. The molecule has 1 saturated carbocycles. The van der Waals surface area contributed by atoms with Crippen LogP contribution in [0.4, 0.5) is 5.82 Å². The highest BCUT2D eigenvalue weighted by molar-refractivity contribution is 6.29. The molecule has 1 aromatic heterocycles. The number of aromatic nitrogens is 2. The van der Waals surface area contributed by atoms with Gasteiger partial charge in [-0.05, 0) is 59.4 Å². The molecule has 30 heavy (non-hydrogen) atoms. The van der Waals surface area contributed by atoms with Crippen LogP contribution in [-0.2, 0) is 25.6 Å². The van der Waals surface area contributed by atoms with Crippen LogP contribution >= 0.6 is 11.6 Å². The number of carbonyl (C=O) groups excluding carboxylic acids is 2. The number of hydrogen-bond acceptors (Lipinski definition) is 8. The van der Waals surface area contributed by atoms with E-state index in [0.29, 0.717) is 25.4 Å². The van der Waals surface area contributed by atoms with Gasteiger partial charge in [0.2, 0.25) is 0 Å². The molecule has 2 N–H and O–H groups in total. The summed E-state index contributed by atoms with van der Waals surface area (Å²) in [5, 5.41) is 6.29. The van der Waals surface area contributed by atoms with E-state index in [4.69, 9.17) is 21.1 Å². The van der Waals surface area contributed by atoms with Crippen LogP contribution in [0.1, 0.15) is 47.0 Å². The summed E-state index contributed by atoms with van der Waals surface area (Å²) < 4.78 is 11.5. The van der Waals surface area contributed by atoms with Crippen LogP contribution in [0.15, 0.2) is 11.0 Å². The number of esters is 2. The second-order valence-electron chi connectivity index (χ2n) is 8.21. The summed E-state index contributed by atoms with van der Waals surface area (Å²) in [6.45, 7) is 8.24. The minimum Gasteiger partial charge on any atom is -0.465 e. The maximum Gasteiger partial charge on any atom is 0.326 e. The van der Waals surface area contributed by atoms with E-state index < -0.39 is 17.1 Å². The lowest BCUT2D eigenvalue weighted by Crippen LogP contribution is -2.43. The first-order chi connectivity index (χ1) is 14.1. The summed E-state index contributed by atoms with van der Waals surface area (Å²) in [4.78, 5) is 40.5. The molecule has 1 unspecified atom stereocenters. The van der Waals surface area contributed by atoms with Gasteiger partial charge in [-0.2, -0.15) is 0 Å². The van der Waals surface area contributed by atoms with Crippen molar-refractivity contribution in [3.8, 4) is 0 Å². The van der Waals surface area contributed by atoms with Crippen LogP contribution in [0, 0.1) is 5.92 Å². The summed E-state index contributed by atoms with van der Waals surface area (Å²) >= 11 is 5.99. The Morgan fingerprint density at radius 1 is 1.33 bits per heavy atom. The standard InChI is InChI=1S/C20H31ClN4O5/c1-5-29-15(26)12-25-14(21)11-24-17(18(25)27)23-10-6-9-22-16(13-7-8-13)19(28)30-20(2,3)4/h11,13,16,22H,5-10,12H2,1-4H3,(H,23,24). The Labute approximate surface area is 181 Å². The number of halogens is 1. The van der Waals surface area contributed by atoms with E-state index in [9.17, 15) is 14.4 Å². The zero-order valence-electron chi connectivity index (χ0n) is 18.0. The predicted molar refractivity (Wildman–Crippen MR) is 114 cm³/mol. The molecule has 10 heteroatoms. The third kappa shape index (κ3) is 7.60. The molecule has 0 spiro atoms. The molecule has 0 aliphatic heterocycles. The highest BCUT2D eigenvalue weighted by Gasteiger charge is 2.38. The van der Waals surface area contributed by atoms with Gasteiger partial charge in [0, 0.05) is 6.54 Å². The largest absolute Gasteiger partial charge is 0.465 e. The Morgan fingerprint density at radius 3 is 2.63 bits per heavy atom. The molecular weight excluding hydrogens is 412 g/mol. The van der Waals surface area contributed by atoms with Crippen LogP contribution in [0.3, 0.4) is 0 Å². The van der Waals surface area contributed by atoms with Crippen molar-refractivity contribution in [3.63, 3.8) is 0 Å².